The fourth-order valence-electron chi connectivity index (χ4n) is 2.70. The topological polar surface area (TPSA) is 66.5 Å². The third kappa shape index (κ3) is 4.80. The molecule has 0 unspecified atom stereocenters. The molecule has 2 heterocycles. The zero-order valence-electron chi connectivity index (χ0n) is 14.0. The molecule has 26 heavy (non-hydrogen) atoms. The van der Waals surface area contributed by atoms with Crippen LogP contribution < -0.4 is 5.32 Å². The maximum absolute atomic E-state index is 12.9. The summed E-state index contributed by atoms with van der Waals surface area (Å²) in [4.78, 5) is 12.2. The number of thiophene rings is 1. The van der Waals surface area contributed by atoms with Crippen molar-refractivity contribution in [2.45, 2.75) is 28.4 Å². The summed E-state index contributed by atoms with van der Waals surface area (Å²) >= 11 is 9.16. The molecule has 1 aromatic heterocycles. The van der Waals surface area contributed by atoms with Gasteiger partial charge in [-0.25, -0.2) is 8.42 Å². The monoisotopic (exact) mass is 430 g/mol. The molecule has 0 radical (unpaired) electrons. The third-order valence-corrected chi connectivity index (χ3v) is 8.50. The number of hydrogen-bond acceptors (Lipinski definition) is 5. The molecule has 140 valence electrons. The Morgan fingerprint density at radius 2 is 2.00 bits per heavy atom. The van der Waals surface area contributed by atoms with E-state index in [9.17, 15) is 13.2 Å². The van der Waals surface area contributed by atoms with Crippen molar-refractivity contribution in [3.8, 4) is 0 Å². The second-order valence-electron chi connectivity index (χ2n) is 5.88. The fraction of sp³-hybridized carbons (Fsp3) is 0.353. The van der Waals surface area contributed by atoms with Crippen molar-refractivity contribution in [1.82, 2.24) is 4.31 Å². The minimum Gasteiger partial charge on any atom is -0.325 e. The van der Waals surface area contributed by atoms with Crippen LogP contribution in [0.1, 0.15) is 19.3 Å². The zero-order valence-corrected chi connectivity index (χ0v) is 17.2. The van der Waals surface area contributed by atoms with Gasteiger partial charge in [-0.3, -0.25) is 4.79 Å². The number of carbonyl (C=O) groups is 1. The Kier molecular flexibility index (Phi) is 6.63. The second-order valence-corrected chi connectivity index (χ2v) is 10.4. The number of carbonyl (C=O) groups excluding carboxylic acids is 1. The van der Waals surface area contributed by atoms with Gasteiger partial charge in [-0.2, -0.15) is 4.31 Å². The first-order chi connectivity index (χ1) is 12.5. The lowest BCUT2D eigenvalue weighted by Gasteiger charge is -2.26. The number of hydrogen-bond donors (Lipinski definition) is 1. The minimum atomic E-state index is -3.65. The quantitative estimate of drug-likeness (QED) is 0.693. The number of sulfonamides is 1. The van der Waals surface area contributed by atoms with Crippen LogP contribution in [0.5, 0.6) is 0 Å². The number of thioether (sulfide) groups is 1. The summed E-state index contributed by atoms with van der Waals surface area (Å²) in [5.41, 5.74) is 0.432. The summed E-state index contributed by atoms with van der Waals surface area (Å²) in [6, 6.07) is 8.46. The molecule has 3 rings (SSSR count). The van der Waals surface area contributed by atoms with Gasteiger partial charge >= 0.3 is 0 Å². The molecule has 0 spiro atoms. The van der Waals surface area contributed by atoms with E-state index in [0.29, 0.717) is 18.8 Å². The molecular formula is C17H19ClN2O3S3. The molecule has 1 aliphatic rings. The lowest BCUT2D eigenvalue weighted by atomic mass is 10.2. The standard InChI is InChI=1S/C17H19ClN2O3S3/c18-14-7-6-13(19-16(21)12-25-17-5-4-10-24-17)11-15(14)26(22,23)20-8-2-1-3-9-20/h4-7,10-11H,1-3,8-9,12H2,(H,19,21). The first kappa shape index (κ1) is 19.7. The van der Waals surface area contributed by atoms with Crippen molar-refractivity contribution in [2.24, 2.45) is 0 Å². The van der Waals surface area contributed by atoms with Gasteiger partial charge in [0, 0.05) is 18.8 Å². The number of anilines is 1. The number of nitrogens with zero attached hydrogens (tertiary/aromatic N) is 1. The van der Waals surface area contributed by atoms with E-state index in [0.717, 1.165) is 23.5 Å². The lowest BCUT2D eigenvalue weighted by Crippen LogP contribution is -2.35. The van der Waals surface area contributed by atoms with Crippen LogP contribution in [0.4, 0.5) is 5.69 Å². The molecule has 9 heteroatoms. The predicted octanol–water partition coefficient (Wildman–Crippen LogP) is 4.31. The van der Waals surface area contributed by atoms with E-state index >= 15 is 0 Å². The third-order valence-electron chi connectivity index (χ3n) is 3.99. The molecule has 1 N–H and O–H groups in total. The van der Waals surface area contributed by atoms with Crippen LogP contribution in [0.3, 0.4) is 0 Å². The zero-order chi connectivity index (χ0) is 18.6. The predicted molar refractivity (Wildman–Crippen MR) is 108 cm³/mol. The Morgan fingerprint density at radius 1 is 1.23 bits per heavy atom. The van der Waals surface area contributed by atoms with Crippen molar-refractivity contribution in [1.29, 1.82) is 0 Å². The van der Waals surface area contributed by atoms with Crippen LogP contribution >= 0.6 is 34.7 Å². The molecule has 0 atom stereocenters. The first-order valence-electron chi connectivity index (χ1n) is 8.23. The van der Waals surface area contributed by atoms with E-state index in [4.69, 9.17) is 11.6 Å². The Hall–Kier alpha value is -1.06. The van der Waals surface area contributed by atoms with Crippen LogP contribution in [0.2, 0.25) is 5.02 Å². The summed E-state index contributed by atoms with van der Waals surface area (Å²) in [7, 11) is -3.65. The number of rotatable bonds is 6. The number of nitrogens with one attached hydrogen (secondary N) is 1. The van der Waals surface area contributed by atoms with E-state index in [-0.39, 0.29) is 21.6 Å². The lowest BCUT2D eigenvalue weighted by molar-refractivity contribution is -0.113. The molecule has 0 saturated carbocycles. The maximum Gasteiger partial charge on any atom is 0.244 e. The van der Waals surface area contributed by atoms with Crippen molar-refractivity contribution >= 4 is 56.3 Å². The highest BCUT2D eigenvalue weighted by molar-refractivity contribution is 8.01. The molecule has 0 aliphatic carbocycles. The SMILES string of the molecule is O=C(CSc1cccs1)Nc1ccc(Cl)c(S(=O)(=O)N2CCCCC2)c1. The molecule has 0 bridgehead atoms. The highest BCUT2D eigenvalue weighted by Crippen LogP contribution is 2.30. The van der Waals surface area contributed by atoms with Gasteiger partial charge in [-0.15, -0.1) is 23.1 Å². The van der Waals surface area contributed by atoms with Gasteiger partial charge in [0.1, 0.15) is 4.90 Å². The summed E-state index contributed by atoms with van der Waals surface area (Å²) in [5, 5.41) is 4.87. The normalized spacial score (nSPS) is 15.7. The molecule has 1 amide bonds. The van der Waals surface area contributed by atoms with Crippen LogP contribution in [0.25, 0.3) is 0 Å². The highest BCUT2D eigenvalue weighted by Gasteiger charge is 2.28. The molecule has 1 aliphatic heterocycles. The molecule has 5 nitrogen and oxygen atoms in total. The van der Waals surface area contributed by atoms with Gasteiger partial charge in [0.2, 0.25) is 15.9 Å². The van der Waals surface area contributed by atoms with Crippen molar-refractivity contribution in [3.05, 3.63) is 40.7 Å². The average Bonchev–Trinajstić information content (AvgIpc) is 3.16. The number of amides is 1. The van der Waals surface area contributed by atoms with Gasteiger partial charge < -0.3 is 5.32 Å². The molecule has 2 aromatic rings. The Balaban J connectivity index is 1.71. The maximum atomic E-state index is 12.9. The van der Waals surface area contributed by atoms with E-state index in [1.165, 1.54) is 28.2 Å². The Morgan fingerprint density at radius 3 is 2.69 bits per heavy atom. The van der Waals surface area contributed by atoms with Gasteiger partial charge in [0.15, 0.2) is 0 Å². The smallest absolute Gasteiger partial charge is 0.244 e. The summed E-state index contributed by atoms with van der Waals surface area (Å²) in [6.07, 6.45) is 2.75. The van der Waals surface area contributed by atoms with Gasteiger partial charge in [-0.05, 0) is 42.5 Å². The highest BCUT2D eigenvalue weighted by atomic mass is 35.5. The molecule has 1 saturated heterocycles. The summed E-state index contributed by atoms with van der Waals surface area (Å²) < 4.78 is 28.2. The van der Waals surface area contributed by atoms with E-state index in [1.54, 1.807) is 17.4 Å². The van der Waals surface area contributed by atoms with Crippen LogP contribution in [-0.2, 0) is 14.8 Å². The first-order valence-corrected chi connectivity index (χ1v) is 11.9. The van der Waals surface area contributed by atoms with Crippen LogP contribution in [-0.4, -0.2) is 37.5 Å². The number of halogens is 1. The van der Waals surface area contributed by atoms with E-state index < -0.39 is 10.0 Å². The van der Waals surface area contributed by atoms with E-state index in [1.807, 2.05) is 17.5 Å². The number of piperidine rings is 1. The van der Waals surface area contributed by atoms with Crippen LogP contribution in [0, 0.1) is 0 Å². The Labute approximate surface area is 166 Å². The molecule has 1 fully saturated rings. The second kappa shape index (κ2) is 8.75. The van der Waals surface area contributed by atoms with Gasteiger partial charge in [0.05, 0.1) is 15.0 Å². The summed E-state index contributed by atoms with van der Waals surface area (Å²) in [6.45, 7) is 1.01. The van der Waals surface area contributed by atoms with Crippen molar-refractivity contribution in [2.75, 3.05) is 24.2 Å². The van der Waals surface area contributed by atoms with Crippen molar-refractivity contribution in [3.63, 3.8) is 0 Å². The average molecular weight is 431 g/mol. The fourth-order valence-corrected chi connectivity index (χ4v) is 6.30. The van der Waals surface area contributed by atoms with E-state index in [2.05, 4.69) is 5.32 Å². The van der Waals surface area contributed by atoms with Crippen molar-refractivity contribution < 1.29 is 13.2 Å². The largest absolute Gasteiger partial charge is 0.325 e. The van der Waals surface area contributed by atoms with Gasteiger partial charge in [-0.1, -0.05) is 24.1 Å². The van der Waals surface area contributed by atoms with Crippen LogP contribution in [0.15, 0.2) is 44.8 Å². The number of benzene rings is 1. The minimum absolute atomic E-state index is 0.0461. The summed E-state index contributed by atoms with van der Waals surface area (Å²) in [5.74, 6) is 0.0733. The molecule has 1 aromatic carbocycles. The van der Waals surface area contributed by atoms with Gasteiger partial charge in [0.25, 0.3) is 0 Å². The molecular weight excluding hydrogens is 412 g/mol. The Bertz CT molecular complexity index is 863.